The number of halogens is 1. The van der Waals surface area contributed by atoms with Gasteiger partial charge in [-0.05, 0) is 24.3 Å². The molecule has 0 saturated carbocycles. The summed E-state index contributed by atoms with van der Waals surface area (Å²) in [4.78, 5) is 6.41. The van der Waals surface area contributed by atoms with Gasteiger partial charge < -0.3 is 10.2 Å². The van der Waals surface area contributed by atoms with E-state index in [1.54, 1.807) is 11.3 Å². The quantitative estimate of drug-likeness (QED) is 0.857. The zero-order chi connectivity index (χ0) is 12.3. The molecule has 0 bridgehead atoms. The number of nitrogens with one attached hydrogen (secondary N) is 1. The van der Waals surface area contributed by atoms with Crippen molar-refractivity contribution in [1.82, 2.24) is 4.98 Å². The van der Waals surface area contributed by atoms with Gasteiger partial charge in [0.2, 0.25) is 0 Å². The second kappa shape index (κ2) is 5.38. The van der Waals surface area contributed by atoms with Crippen molar-refractivity contribution in [1.29, 1.82) is 0 Å². The molecule has 0 saturated heterocycles. The number of anilines is 3. The summed E-state index contributed by atoms with van der Waals surface area (Å²) in [6.45, 7) is 0. The number of hydrogen-bond acceptors (Lipinski definition) is 4. The monoisotopic (exact) mass is 267 g/mol. The number of thiazole rings is 1. The molecule has 0 radical (unpaired) electrons. The van der Waals surface area contributed by atoms with Crippen LogP contribution >= 0.6 is 22.9 Å². The Kier molecular flexibility index (Phi) is 3.86. The van der Waals surface area contributed by atoms with Gasteiger partial charge >= 0.3 is 0 Å². The molecule has 0 unspecified atom stereocenters. The van der Waals surface area contributed by atoms with Crippen molar-refractivity contribution in [2.24, 2.45) is 0 Å². The Morgan fingerprint density at radius 1 is 1.29 bits per heavy atom. The Bertz CT molecular complexity index is 479. The fraction of sp³-hybridized carbons (Fsp3) is 0.250. The lowest BCUT2D eigenvalue weighted by Gasteiger charge is -2.12. The first-order valence-electron chi connectivity index (χ1n) is 5.24. The fourth-order valence-electron chi connectivity index (χ4n) is 1.39. The maximum Gasteiger partial charge on any atom is 0.187 e. The van der Waals surface area contributed by atoms with Crippen molar-refractivity contribution in [3.63, 3.8) is 0 Å². The molecule has 2 aromatic rings. The second-order valence-electron chi connectivity index (χ2n) is 3.84. The van der Waals surface area contributed by atoms with Gasteiger partial charge in [0.05, 0.1) is 11.6 Å². The zero-order valence-corrected chi connectivity index (χ0v) is 11.3. The normalized spacial score (nSPS) is 10.3. The molecule has 1 N–H and O–H groups in total. The van der Waals surface area contributed by atoms with E-state index in [-0.39, 0.29) is 0 Å². The smallest absolute Gasteiger partial charge is 0.187 e. The molecule has 3 nitrogen and oxygen atoms in total. The van der Waals surface area contributed by atoms with Gasteiger partial charge in [0.15, 0.2) is 5.13 Å². The Hall–Kier alpha value is -1.26. The summed E-state index contributed by atoms with van der Waals surface area (Å²) >= 11 is 7.27. The van der Waals surface area contributed by atoms with Crippen LogP contribution in [0, 0.1) is 0 Å². The first-order chi connectivity index (χ1) is 8.19. The predicted octanol–water partition coefficient (Wildman–Crippen LogP) is 3.69. The van der Waals surface area contributed by atoms with Crippen LogP contribution in [0.1, 0.15) is 5.69 Å². The predicted molar refractivity (Wildman–Crippen MR) is 75.7 cm³/mol. The van der Waals surface area contributed by atoms with Crippen molar-refractivity contribution in [2.45, 2.75) is 5.88 Å². The number of nitrogens with zero attached hydrogens (tertiary/aromatic N) is 2. The van der Waals surface area contributed by atoms with E-state index in [0.717, 1.165) is 16.5 Å². The number of aromatic nitrogens is 1. The molecule has 0 spiro atoms. The average Bonchev–Trinajstić information content (AvgIpc) is 2.77. The molecule has 0 amide bonds. The van der Waals surface area contributed by atoms with Crippen LogP contribution in [0.25, 0.3) is 0 Å². The topological polar surface area (TPSA) is 28.2 Å². The van der Waals surface area contributed by atoms with Gasteiger partial charge in [0.25, 0.3) is 0 Å². The van der Waals surface area contributed by atoms with Crippen LogP contribution in [0.5, 0.6) is 0 Å². The van der Waals surface area contributed by atoms with Crippen LogP contribution in [0.15, 0.2) is 29.6 Å². The van der Waals surface area contributed by atoms with E-state index in [0.29, 0.717) is 5.88 Å². The molecule has 0 atom stereocenters. The van der Waals surface area contributed by atoms with Crippen LogP contribution in [-0.2, 0) is 5.88 Å². The van der Waals surface area contributed by atoms with Crippen LogP contribution < -0.4 is 10.2 Å². The van der Waals surface area contributed by atoms with Gasteiger partial charge in [-0.1, -0.05) is 0 Å². The lowest BCUT2D eigenvalue weighted by atomic mass is 10.2. The molecule has 1 heterocycles. The summed E-state index contributed by atoms with van der Waals surface area (Å²) in [5.41, 5.74) is 3.12. The van der Waals surface area contributed by atoms with E-state index < -0.39 is 0 Å². The second-order valence-corrected chi connectivity index (χ2v) is 4.97. The molecule has 2 rings (SSSR count). The van der Waals surface area contributed by atoms with Gasteiger partial charge in [0, 0.05) is 30.9 Å². The van der Waals surface area contributed by atoms with Gasteiger partial charge in [-0.25, -0.2) is 4.98 Å². The highest BCUT2D eigenvalue weighted by atomic mass is 35.5. The van der Waals surface area contributed by atoms with Crippen molar-refractivity contribution < 1.29 is 0 Å². The number of rotatable bonds is 4. The highest BCUT2D eigenvalue weighted by Gasteiger charge is 2.01. The SMILES string of the molecule is CN(C)c1ccc(Nc2nc(CCl)cs2)cc1. The highest BCUT2D eigenvalue weighted by molar-refractivity contribution is 7.13. The Labute approximate surface area is 110 Å². The van der Waals surface area contributed by atoms with E-state index >= 15 is 0 Å². The maximum atomic E-state index is 5.71. The highest BCUT2D eigenvalue weighted by Crippen LogP contribution is 2.23. The largest absolute Gasteiger partial charge is 0.378 e. The molecule has 1 aromatic heterocycles. The van der Waals surface area contributed by atoms with Crippen molar-refractivity contribution in [3.05, 3.63) is 35.3 Å². The van der Waals surface area contributed by atoms with E-state index in [1.807, 2.05) is 31.6 Å². The first-order valence-corrected chi connectivity index (χ1v) is 6.65. The minimum atomic E-state index is 0.456. The first kappa shape index (κ1) is 12.2. The summed E-state index contributed by atoms with van der Waals surface area (Å²) < 4.78 is 0. The summed E-state index contributed by atoms with van der Waals surface area (Å²) in [5, 5.41) is 6.09. The van der Waals surface area contributed by atoms with Gasteiger partial charge in [-0.3, -0.25) is 0 Å². The average molecular weight is 268 g/mol. The molecule has 5 heteroatoms. The molecular weight excluding hydrogens is 254 g/mol. The van der Waals surface area contributed by atoms with E-state index in [1.165, 1.54) is 5.69 Å². The van der Waals surface area contributed by atoms with E-state index in [2.05, 4.69) is 27.3 Å². The van der Waals surface area contributed by atoms with Gasteiger partial charge in [-0.15, -0.1) is 22.9 Å². The van der Waals surface area contributed by atoms with Crippen molar-refractivity contribution in [2.75, 3.05) is 24.3 Å². The van der Waals surface area contributed by atoms with Crippen molar-refractivity contribution >= 4 is 39.4 Å². The minimum absolute atomic E-state index is 0.456. The fourth-order valence-corrected chi connectivity index (χ4v) is 2.35. The third kappa shape index (κ3) is 3.11. The van der Waals surface area contributed by atoms with E-state index in [9.17, 15) is 0 Å². The van der Waals surface area contributed by atoms with Crippen LogP contribution in [0.3, 0.4) is 0 Å². The van der Waals surface area contributed by atoms with Gasteiger partial charge in [-0.2, -0.15) is 0 Å². The Morgan fingerprint density at radius 2 is 2.00 bits per heavy atom. The van der Waals surface area contributed by atoms with Gasteiger partial charge in [0.1, 0.15) is 0 Å². The maximum absolute atomic E-state index is 5.71. The molecule has 1 aromatic carbocycles. The van der Waals surface area contributed by atoms with Crippen LogP contribution in [0.2, 0.25) is 0 Å². The summed E-state index contributed by atoms with van der Waals surface area (Å²) in [6, 6.07) is 8.21. The molecule has 0 aliphatic rings. The van der Waals surface area contributed by atoms with Crippen LogP contribution in [0.4, 0.5) is 16.5 Å². The Balaban J connectivity index is 2.08. The molecule has 90 valence electrons. The Morgan fingerprint density at radius 3 is 2.53 bits per heavy atom. The minimum Gasteiger partial charge on any atom is -0.378 e. The van der Waals surface area contributed by atoms with E-state index in [4.69, 9.17) is 11.6 Å². The summed E-state index contributed by atoms with van der Waals surface area (Å²) in [7, 11) is 4.05. The lowest BCUT2D eigenvalue weighted by Crippen LogP contribution is -2.08. The molecule has 0 aliphatic heterocycles. The summed E-state index contributed by atoms with van der Waals surface area (Å²) in [5.74, 6) is 0.456. The standard InChI is InChI=1S/C12H14ClN3S/c1-16(2)11-5-3-9(4-6-11)14-12-15-10(7-13)8-17-12/h3-6,8H,7H2,1-2H3,(H,14,15). The number of alkyl halides is 1. The molecule has 0 fully saturated rings. The molecule has 17 heavy (non-hydrogen) atoms. The number of benzene rings is 1. The van der Waals surface area contributed by atoms with Crippen LogP contribution in [-0.4, -0.2) is 19.1 Å². The molecular formula is C12H14ClN3S. The third-order valence-electron chi connectivity index (χ3n) is 2.32. The summed E-state index contributed by atoms with van der Waals surface area (Å²) in [6.07, 6.45) is 0. The number of hydrogen-bond donors (Lipinski definition) is 1. The third-order valence-corrected chi connectivity index (χ3v) is 3.40. The van der Waals surface area contributed by atoms with Crippen molar-refractivity contribution in [3.8, 4) is 0 Å². The zero-order valence-electron chi connectivity index (χ0n) is 9.77. The lowest BCUT2D eigenvalue weighted by molar-refractivity contribution is 1.13. The molecule has 0 aliphatic carbocycles.